The van der Waals surface area contributed by atoms with Gasteiger partial charge in [-0.1, -0.05) is 17.7 Å². The van der Waals surface area contributed by atoms with Gasteiger partial charge in [-0.3, -0.25) is 14.4 Å². The second-order valence-corrected chi connectivity index (χ2v) is 6.58. The van der Waals surface area contributed by atoms with Gasteiger partial charge >= 0.3 is 0 Å². The normalized spacial score (nSPS) is 10.4. The second-order valence-electron chi connectivity index (χ2n) is 6.15. The predicted molar refractivity (Wildman–Crippen MR) is 109 cm³/mol. The lowest BCUT2D eigenvalue weighted by Gasteiger charge is -2.11. The summed E-state index contributed by atoms with van der Waals surface area (Å²) in [6.07, 6.45) is 1.23. The Balaban J connectivity index is 1.84. The third-order valence-corrected chi connectivity index (χ3v) is 4.22. The number of aromatic amines is 1. The summed E-state index contributed by atoms with van der Waals surface area (Å²) in [4.78, 5) is 42.9. The zero-order valence-corrected chi connectivity index (χ0v) is 15.9. The molecule has 142 valence electrons. The van der Waals surface area contributed by atoms with Crippen LogP contribution in [0.5, 0.6) is 0 Å². The summed E-state index contributed by atoms with van der Waals surface area (Å²) in [7, 11) is 0. The monoisotopic (exact) mass is 396 g/mol. The third kappa shape index (κ3) is 4.44. The second kappa shape index (κ2) is 8.06. The number of H-pyrrole nitrogens is 1. The summed E-state index contributed by atoms with van der Waals surface area (Å²) in [5.74, 6) is -0.485. The Morgan fingerprint density at radius 1 is 1.07 bits per heavy atom. The molecule has 0 aliphatic heterocycles. The third-order valence-electron chi connectivity index (χ3n) is 3.97. The van der Waals surface area contributed by atoms with Gasteiger partial charge in [0.15, 0.2) is 0 Å². The van der Waals surface area contributed by atoms with Crippen LogP contribution >= 0.6 is 11.6 Å². The van der Waals surface area contributed by atoms with Crippen LogP contribution in [-0.2, 0) is 4.79 Å². The summed E-state index contributed by atoms with van der Waals surface area (Å²) >= 11 is 5.86. The first kappa shape index (κ1) is 19.3. The van der Waals surface area contributed by atoms with Gasteiger partial charge in [0.05, 0.1) is 0 Å². The van der Waals surface area contributed by atoms with Gasteiger partial charge in [0, 0.05) is 35.1 Å². The summed E-state index contributed by atoms with van der Waals surface area (Å²) in [5.41, 5.74) is 1.79. The molecule has 0 atom stereocenters. The molecule has 1 heterocycles. The zero-order chi connectivity index (χ0) is 20.3. The molecule has 0 unspecified atom stereocenters. The van der Waals surface area contributed by atoms with Crippen molar-refractivity contribution < 1.29 is 9.59 Å². The van der Waals surface area contributed by atoms with Gasteiger partial charge in [0.25, 0.3) is 11.5 Å². The number of nitrogens with zero attached hydrogens (tertiary/aromatic N) is 1. The van der Waals surface area contributed by atoms with Crippen LogP contribution in [0.15, 0.2) is 53.5 Å². The van der Waals surface area contributed by atoms with Crippen molar-refractivity contribution in [2.24, 2.45) is 0 Å². The maximum atomic E-state index is 12.5. The lowest BCUT2D eigenvalue weighted by atomic mass is 10.1. The Labute approximate surface area is 165 Å². The van der Waals surface area contributed by atoms with Crippen molar-refractivity contribution in [3.05, 3.63) is 75.2 Å². The number of hydrogen-bond donors (Lipinski definition) is 3. The number of rotatable bonds is 4. The largest absolute Gasteiger partial charge is 0.326 e. The average Bonchev–Trinajstić information content (AvgIpc) is 2.64. The van der Waals surface area contributed by atoms with E-state index in [0.29, 0.717) is 27.8 Å². The van der Waals surface area contributed by atoms with E-state index in [0.717, 1.165) is 5.56 Å². The van der Waals surface area contributed by atoms with Crippen molar-refractivity contribution in [1.29, 1.82) is 0 Å². The molecule has 0 aliphatic carbocycles. The van der Waals surface area contributed by atoms with Crippen LogP contribution in [0.2, 0.25) is 5.02 Å². The van der Waals surface area contributed by atoms with E-state index in [4.69, 9.17) is 11.6 Å². The topological polar surface area (TPSA) is 104 Å². The number of halogens is 1. The number of nitrogens with one attached hydrogen (secondary N) is 3. The molecule has 8 heteroatoms. The molecule has 1 aromatic heterocycles. The molecule has 0 fully saturated rings. The number of carbonyl (C=O) groups excluding carboxylic acids is 2. The minimum absolute atomic E-state index is 0.123. The van der Waals surface area contributed by atoms with E-state index in [1.54, 1.807) is 49.4 Å². The van der Waals surface area contributed by atoms with Crippen molar-refractivity contribution in [1.82, 2.24) is 9.97 Å². The van der Waals surface area contributed by atoms with E-state index >= 15 is 0 Å². The number of anilines is 2. The molecule has 0 radical (unpaired) electrons. The molecule has 3 aromatic rings. The number of aromatic nitrogens is 2. The standard InChI is InChI=1S/C20H17ClN4O3/c1-11-3-8-15(23-12(2)26)9-17(11)24-19(27)16-10-22-18(25-20(16)28)13-4-6-14(21)7-5-13/h3-10H,1-2H3,(H,23,26)(H,24,27)(H,22,25,28). The van der Waals surface area contributed by atoms with E-state index in [1.807, 2.05) is 0 Å². The van der Waals surface area contributed by atoms with Crippen molar-refractivity contribution in [3.8, 4) is 11.4 Å². The molecule has 0 saturated carbocycles. The highest BCUT2D eigenvalue weighted by molar-refractivity contribution is 6.30. The van der Waals surface area contributed by atoms with Crippen LogP contribution in [0.4, 0.5) is 11.4 Å². The van der Waals surface area contributed by atoms with Gasteiger partial charge in [-0.25, -0.2) is 4.98 Å². The van der Waals surface area contributed by atoms with E-state index < -0.39 is 11.5 Å². The lowest BCUT2D eigenvalue weighted by Crippen LogP contribution is -2.24. The van der Waals surface area contributed by atoms with Crippen molar-refractivity contribution in [2.45, 2.75) is 13.8 Å². The molecular weight excluding hydrogens is 380 g/mol. The Kier molecular flexibility index (Phi) is 5.56. The van der Waals surface area contributed by atoms with Gasteiger partial charge in [-0.2, -0.15) is 0 Å². The first-order chi connectivity index (χ1) is 13.3. The maximum absolute atomic E-state index is 12.5. The summed E-state index contributed by atoms with van der Waals surface area (Å²) < 4.78 is 0. The molecule has 0 saturated heterocycles. The van der Waals surface area contributed by atoms with Gasteiger partial charge in [-0.15, -0.1) is 0 Å². The number of carbonyl (C=O) groups is 2. The Bertz CT molecular complexity index is 1110. The first-order valence-corrected chi connectivity index (χ1v) is 8.76. The van der Waals surface area contributed by atoms with Crippen molar-refractivity contribution in [2.75, 3.05) is 10.6 Å². The van der Waals surface area contributed by atoms with Gasteiger partial charge in [0.1, 0.15) is 11.4 Å². The fourth-order valence-corrected chi connectivity index (χ4v) is 2.66. The molecule has 2 amide bonds. The van der Waals surface area contributed by atoms with Crippen LogP contribution in [0, 0.1) is 6.92 Å². The smallest absolute Gasteiger partial charge is 0.264 e. The molecule has 3 rings (SSSR count). The lowest BCUT2D eigenvalue weighted by molar-refractivity contribution is -0.114. The van der Waals surface area contributed by atoms with Gasteiger partial charge in [-0.05, 0) is 48.9 Å². The highest BCUT2D eigenvalue weighted by Crippen LogP contribution is 2.21. The van der Waals surface area contributed by atoms with Crippen molar-refractivity contribution >= 4 is 34.8 Å². The van der Waals surface area contributed by atoms with Crippen LogP contribution in [0.1, 0.15) is 22.8 Å². The minimum atomic E-state index is -0.598. The van der Waals surface area contributed by atoms with Gasteiger partial charge < -0.3 is 15.6 Å². The van der Waals surface area contributed by atoms with E-state index in [9.17, 15) is 14.4 Å². The molecule has 0 aliphatic rings. The average molecular weight is 397 g/mol. The van der Waals surface area contributed by atoms with Crippen LogP contribution in [0.3, 0.4) is 0 Å². The highest BCUT2D eigenvalue weighted by atomic mass is 35.5. The zero-order valence-electron chi connectivity index (χ0n) is 15.2. The predicted octanol–water partition coefficient (Wildman–Crippen LogP) is 3.61. The summed E-state index contributed by atoms with van der Waals surface area (Å²) in [6.45, 7) is 3.20. The molecule has 3 N–H and O–H groups in total. The van der Waals surface area contributed by atoms with E-state index in [2.05, 4.69) is 20.6 Å². The quantitative estimate of drug-likeness (QED) is 0.626. The maximum Gasteiger partial charge on any atom is 0.264 e. The van der Waals surface area contributed by atoms with Crippen LogP contribution in [0.25, 0.3) is 11.4 Å². The van der Waals surface area contributed by atoms with Crippen molar-refractivity contribution in [3.63, 3.8) is 0 Å². The Morgan fingerprint density at radius 3 is 2.43 bits per heavy atom. The number of hydrogen-bond acceptors (Lipinski definition) is 4. The molecule has 7 nitrogen and oxygen atoms in total. The Hall–Kier alpha value is -3.45. The number of amides is 2. The molecule has 28 heavy (non-hydrogen) atoms. The summed E-state index contributed by atoms with van der Waals surface area (Å²) in [6, 6.07) is 11.9. The van der Waals surface area contributed by atoms with E-state index in [-0.39, 0.29) is 11.5 Å². The number of aryl methyl sites for hydroxylation is 1. The first-order valence-electron chi connectivity index (χ1n) is 8.38. The van der Waals surface area contributed by atoms with Gasteiger partial charge in [0.2, 0.25) is 5.91 Å². The highest BCUT2D eigenvalue weighted by Gasteiger charge is 2.14. The molecule has 0 spiro atoms. The molecular formula is C20H17ClN4O3. The Morgan fingerprint density at radius 2 is 1.79 bits per heavy atom. The molecule has 0 bridgehead atoms. The molecule has 2 aromatic carbocycles. The fourth-order valence-electron chi connectivity index (χ4n) is 2.54. The van der Waals surface area contributed by atoms with E-state index in [1.165, 1.54) is 13.1 Å². The van der Waals surface area contributed by atoms with Crippen LogP contribution in [-0.4, -0.2) is 21.8 Å². The minimum Gasteiger partial charge on any atom is -0.326 e. The number of benzene rings is 2. The fraction of sp³-hybridized carbons (Fsp3) is 0.100. The summed E-state index contributed by atoms with van der Waals surface area (Å²) in [5, 5.41) is 5.89. The van der Waals surface area contributed by atoms with Crippen LogP contribution < -0.4 is 16.2 Å². The SMILES string of the molecule is CC(=O)Nc1ccc(C)c(NC(=O)c2cnc(-c3ccc(Cl)cc3)[nH]c2=O)c1.